The van der Waals surface area contributed by atoms with Crippen molar-refractivity contribution in [3.8, 4) is 0 Å². The molecule has 2 aromatic rings. The number of amides is 4. The minimum Gasteiger partial charge on any atom is -0.325 e. The third-order valence-corrected chi connectivity index (χ3v) is 4.79. The lowest BCUT2D eigenvalue weighted by atomic mass is 10.2. The Bertz CT molecular complexity index is 907. The summed E-state index contributed by atoms with van der Waals surface area (Å²) in [6.45, 7) is 1.60. The quantitative estimate of drug-likeness (QED) is 0.418. The molecule has 1 saturated heterocycles. The summed E-state index contributed by atoms with van der Waals surface area (Å²) in [4.78, 5) is 37.6. The predicted octanol–water partition coefficient (Wildman–Crippen LogP) is 3.13. The molecular weight excluding hydrogens is 445 g/mol. The molecule has 0 unspecified atom stereocenters. The zero-order chi connectivity index (χ0) is 18.7. The molecule has 3 rings (SSSR count). The molecule has 1 aliphatic heterocycles. The van der Waals surface area contributed by atoms with Gasteiger partial charge in [-0.15, -0.1) is 0 Å². The van der Waals surface area contributed by atoms with Crippen molar-refractivity contribution in [3.05, 3.63) is 68.9 Å². The van der Waals surface area contributed by atoms with E-state index < -0.39 is 17.8 Å². The maximum absolute atomic E-state index is 12.5. The van der Waals surface area contributed by atoms with Crippen molar-refractivity contribution in [2.75, 3.05) is 11.9 Å². The van der Waals surface area contributed by atoms with Gasteiger partial charge in [-0.3, -0.25) is 9.59 Å². The van der Waals surface area contributed by atoms with E-state index in [1.807, 2.05) is 43.3 Å². The van der Waals surface area contributed by atoms with E-state index in [1.54, 1.807) is 18.2 Å². The highest BCUT2D eigenvalue weighted by Crippen LogP contribution is 2.18. The molecule has 26 heavy (non-hydrogen) atoms. The summed E-state index contributed by atoms with van der Waals surface area (Å²) in [6, 6.07) is 14.2. The van der Waals surface area contributed by atoms with Gasteiger partial charge in [-0.2, -0.15) is 0 Å². The first kappa shape index (κ1) is 18.1. The Labute approximate surface area is 164 Å². The molecule has 7 heteroatoms. The van der Waals surface area contributed by atoms with Crippen LogP contribution in [0.3, 0.4) is 0 Å². The molecule has 1 aliphatic rings. The van der Waals surface area contributed by atoms with E-state index in [0.29, 0.717) is 5.69 Å². The maximum Gasteiger partial charge on any atom is 0.329 e. The SMILES string of the molecule is Cc1ccc(NC(=O)CN2C(=O)NC(=Cc3ccccc3I)C2=O)cc1. The predicted molar refractivity (Wildman–Crippen MR) is 107 cm³/mol. The molecule has 4 amide bonds. The maximum atomic E-state index is 12.5. The van der Waals surface area contributed by atoms with Crippen LogP contribution >= 0.6 is 22.6 Å². The number of nitrogens with zero attached hydrogens (tertiary/aromatic N) is 1. The Balaban J connectivity index is 1.70. The van der Waals surface area contributed by atoms with E-state index >= 15 is 0 Å². The second-order valence-electron chi connectivity index (χ2n) is 5.82. The van der Waals surface area contributed by atoms with Gasteiger partial charge in [-0.1, -0.05) is 35.9 Å². The number of carbonyl (C=O) groups excluding carboxylic acids is 3. The van der Waals surface area contributed by atoms with E-state index in [1.165, 1.54) is 0 Å². The van der Waals surface area contributed by atoms with Gasteiger partial charge in [-0.05, 0) is 59.4 Å². The van der Waals surface area contributed by atoms with Crippen molar-refractivity contribution >= 4 is 52.2 Å². The highest BCUT2D eigenvalue weighted by Gasteiger charge is 2.34. The van der Waals surface area contributed by atoms with Gasteiger partial charge >= 0.3 is 6.03 Å². The summed E-state index contributed by atoms with van der Waals surface area (Å²) in [5.74, 6) is -0.957. The fourth-order valence-electron chi connectivity index (χ4n) is 2.44. The van der Waals surface area contributed by atoms with Crippen LogP contribution in [0.4, 0.5) is 10.5 Å². The number of urea groups is 1. The van der Waals surface area contributed by atoms with Gasteiger partial charge in [0.1, 0.15) is 12.2 Å². The summed E-state index contributed by atoms with van der Waals surface area (Å²) in [5.41, 5.74) is 2.66. The lowest BCUT2D eigenvalue weighted by Gasteiger charge is -2.12. The van der Waals surface area contributed by atoms with Crippen molar-refractivity contribution in [2.45, 2.75) is 6.92 Å². The van der Waals surface area contributed by atoms with Crippen LogP contribution in [0.5, 0.6) is 0 Å². The first-order valence-electron chi connectivity index (χ1n) is 7.89. The van der Waals surface area contributed by atoms with Crippen LogP contribution < -0.4 is 10.6 Å². The van der Waals surface area contributed by atoms with Crippen molar-refractivity contribution < 1.29 is 14.4 Å². The molecule has 2 N–H and O–H groups in total. The summed E-state index contributed by atoms with van der Waals surface area (Å²) in [5, 5.41) is 5.20. The van der Waals surface area contributed by atoms with Crippen LogP contribution in [0.15, 0.2) is 54.2 Å². The Morgan fingerprint density at radius 2 is 1.85 bits per heavy atom. The third-order valence-electron chi connectivity index (χ3n) is 3.80. The van der Waals surface area contributed by atoms with Gasteiger partial charge in [-0.25, -0.2) is 9.69 Å². The molecule has 0 spiro atoms. The van der Waals surface area contributed by atoms with Crippen molar-refractivity contribution in [3.63, 3.8) is 0 Å². The number of hydrogen-bond donors (Lipinski definition) is 2. The zero-order valence-corrected chi connectivity index (χ0v) is 16.1. The topological polar surface area (TPSA) is 78.5 Å². The minimum absolute atomic E-state index is 0.155. The van der Waals surface area contributed by atoms with E-state index in [4.69, 9.17) is 0 Å². The van der Waals surface area contributed by atoms with Crippen LogP contribution in [0, 0.1) is 10.5 Å². The number of hydrogen-bond acceptors (Lipinski definition) is 3. The highest BCUT2D eigenvalue weighted by atomic mass is 127. The van der Waals surface area contributed by atoms with Gasteiger partial charge in [0.15, 0.2) is 0 Å². The number of imide groups is 1. The van der Waals surface area contributed by atoms with Gasteiger partial charge < -0.3 is 10.6 Å². The minimum atomic E-state index is -0.605. The molecule has 0 aliphatic carbocycles. The Hall–Kier alpha value is -2.68. The molecule has 1 fully saturated rings. The number of aryl methyl sites for hydroxylation is 1. The average Bonchev–Trinajstić information content (AvgIpc) is 2.86. The molecule has 0 atom stereocenters. The van der Waals surface area contributed by atoms with Gasteiger partial charge in [0.2, 0.25) is 5.91 Å². The number of anilines is 1. The van der Waals surface area contributed by atoms with Crippen LogP contribution in [0.25, 0.3) is 6.08 Å². The molecule has 0 aromatic heterocycles. The first-order valence-corrected chi connectivity index (χ1v) is 8.97. The Kier molecular flexibility index (Phi) is 5.36. The Morgan fingerprint density at radius 1 is 1.15 bits per heavy atom. The van der Waals surface area contributed by atoms with Crippen LogP contribution in [-0.2, 0) is 9.59 Å². The van der Waals surface area contributed by atoms with Crippen LogP contribution in [-0.4, -0.2) is 29.3 Å². The lowest BCUT2D eigenvalue weighted by Crippen LogP contribution is -2.38. The normalized spacial score (nSPS) is 15.3. The second-order valence-corrected chi connectivity index (χ2v) is 6.98. The molecular formula is C19H16IN3O3. The third kappa shape index (κ3) is 4.10. The summed E-state index contributed by atoms with van der Waals surface area (Å²) < 4.78 is 0.954. The van der Waals surface area contributed by atoms with Crippen LogP contribution in [0.2, 0.25) is 0 Å². The molecule has 2 aromatic carbocycles. The molecule has 0 saturated carbocycles. The van der Waals surface area contributed by atoms with Crippen molar-refractivity contribution in [2.24, 2.45) is 0 Å². The first-order chi connectivity index (χ1) is 12.4. The summed E-state index contributed by atoms with van der Waals surface area (Å²) >= 11 is 2.15. The number of benzene rings is 2. The molecule has 132 valence electrons. The average molecular weight is 461 g/mol. The fourth-order valence-corrected chi connectivity index (χ4v) is 2.99. The fraction of sp³-hybridized carbons (Fsp3) is 0.105. The largest absolute Gasteiger partial charge is 0.329 e. The van der Waals surface area contributed by atoms with E-state index in [9.17, 15) is 14.4 Å². The molecule has 0 bridgehead atoms. The number of halogens is 1. The van der Waals surface area contributed by atoms with Gasteiger partial charge in [0.25, 0.3) is 5.91 Å². The monoisotopic (exact) mass is 461 g/mol. The van der Waals surface area contributed by atoms with Crippen molar-refractivity contribution in [1.82, 2.24) is 10.2 Å². The Morgan fingerprint density at radius 3 is 2.54 bits per heavy atom. The van der Waals surface area contributed by atoms with Crippen molar-refractivity contribution in [1.29, 1.82) is 0 Å². The van der Waals surface area contributed by atoms with Gasteiger partial charge in [0.05, 0.1) is 0 Å². The molecule has 6 nitrogen and oxygen atoms in total. The van der Waals surface area contributed by atoms with Gasteiger partial charge in [0, 0.05) is 9.26 Å². The second kappa shape index (κ2) is 7.69. The molecule has 1 heterocycles. The standard InChI is InChI=1S/C19H16IN3O3/c1-12-6-8-14(9-7-12)21-17(24)11-23-18(25)16(22-19(23)26)10-13-4-2-3-5-15(13)20/h2-10H,11H2,1H3,(H,21,24)(H,22,26). The molecule has 0 radical (unpaired) electrons. The number of carbonyl (C=O) groups is 3. The number of nitrogens with one attached hydrogen (secondary N) is 2. The summed E-state index contributed by atoms with van der Waals surface area (Å²) in [7, 11) is 0. The zero-order valence-electron chi connectivity index (χ0n) is 14.0. The number of rotatable bonds is 4. The highest BCUT2D eigenvalue weighted by molar-refractivity contribution is 14.1. The lowest BCUT2D eigenvalue weighted by molar-refractivity contribution is -0.127. The smallest absolute Gasteiger partial charge is 0.325 e. The van der Waals surface area contributed by atoms with E-state index in [-0.39, 0.29) is 12.2 Å². The van der Waals surface area contributed by atoms with Crippen LogP contribution in [0.1, 0.15) is 11.1 Å². The van der Waals surface area contributed by atoms with E-state index in [2.05, 4.69) is 33.2 Å². The summed E-state index contributed by atoms with van der Waals surface area (Å²) in [6.07, 6.45) is 1.61. The van der Waals surface area contributed by atoms with E-state index in [0.717, 1.165) is 19.6 Å².